The third-order valence-corrected chi connectivity index (χ3v) is 9.86. The number of esters is 1. The number of nitrogens with one attached hydrogen (secondary N) is 1. The summed E-state index contributed by atoms with van der Waals surface area (Å²) in [6, 6.07) is 13.2. The van der Waals surface area contributed by atoms with Crippen LogP contribution in [0.3, 0.4) is 0 Å². The summed E-state index contributed by atoms with van der Waals surface area (Å²) >= 11 is 0. The molecule has 3 aromatic heterocycles. The number of amides is 1. The molecule has 2 fully saturated rings. The van der Waals surface area contributed by atoms with Crippen LogP contribution in [0.1, 0.15) is 55.3 Å². The number of aromatic nitrogens is 4. The minimum Gasteiger partial charge on any atom is -0.493 e. The summed E-state index contributed by atoms with van der Waals surface area (Å²) in [5.74, 6) is 1.85. The molecule has 1 aliphatic carbocycles. The van der Waals surface area contributed by atoms with Crippen LogP contribution in [0.4, 0.5) is 5.95 Å². The Hall–Kier alpha value is -4.52. The number of likely N-dealkylation sites (tertiary alicyclic amines) is 1. The highest BCUT2D eigenvalue weighted by atomic mass is 32.2. The molecule has 13 heteroatoms. The Balaban J connectivity index is 0.987. The van der Waals surface area contributed by atoms with E-state index in [0.29, 0.717) is 62.0 Å². The summed E-state index contributed by atoms with van der Waals surface area (Å²) in [6.07, 6.45) is 12.8. The molecule has 248 valence electrons. The lowest BCUT2D eigenvalue weighted by atomic mass is 9.85. The molecule has 0 bridgehead atoms. The summed E-state index contributed by atoms with van der Waals surface area (Å²) in [7, 11) is -3.03. The van der Waals surface area contributed by atoms with Gasteiger partial charge in [0.05, 0.1) is 23.4 Å². The largest absolute Gasteiger partial charge is 0.493 e. The summed E-state index contributed by atoms with van der Waals surface area (Å²) < 4.78 is 36.4. The van der Waals surface area contributed by atoms with Crippen LogP contribution in [0.5, 0.6) is 5.75 Å². The summed E-state index contributed by atoms with van der Waals surface area (Å²) in [6.45, 7) is 1.50. The van der Waals surface area contributed by atoms with Crippen molar-refractivity contribution in [1.82, 2.24) is 24.4 Å². The van der Waals surface area contributed by atoms with Crippen LogP contribution in [0.2, 0.25) is 0 Å². The van der Waals surface area contributed by atoms with Crippen LogP contribution in [0, 0.1) is 5.92 Å². The van der Waals surface area contributed by atoms with Crippen molar-refractivity contribution in [3.05, 3.63) is 72.8 Å². The maximum Gasteiger partial charge on any atom is 0.339 e. The predicted octanol–water partition coefficient (Wildman–Crippen LogP) is 4.45. The fraction of sp³-hybridized carbons (Fsp3) is 0.441. The minimum absolute atomic E-state index is 0.0103. The maximum atomic E-state index is 13.3. The highest BCUT2D eigenvalue weighted by molar-refractivity contribution is 7.90. The van der Waals surface area contributed by atoms with Gasteiger partial charge < -0.3 is 24.3 Å². The molecule has 0 spiro atoms. The molecule has 6 rings (SSSR count). The van der Waals surface area contributed by atoms with Crippen LogP contribution >= 0.6 is 0 Å². The highest BCUT2D eigenvalue weighted by Gasteiger charge is 2.32. The molecule has 1 aromatic carbocycles. The summed E-state index contributed by atoms with van der Waals surface area (Å²) in [5.41, 5.74) is 1.36. The molecule has 0 unspecified atom stereocenters. The van der Waals surface area contributed by atoms with Crippen LogP contribution < -0.4 is 10.1 Å². The zero-order valence-corrected chi connectivity index (χ0v) is 27.3. The first-order valence-corrected chi connectivity index (χ1v) is 18.2. The molecule has 47 heavy (non-hydrogen) atoms. The molecule has 1 saturated heterocycles. The van der Waals surface area contributed by atoms with Gasteiger partial charge in [0, 0.05) is 74.3 Å². The van der Waals surface area contributed by atoms with Gasteiger partial charge in [-0.05, 0) is 68.5 Å². The molecule has 1 amide bonds. The lowest BCUT2D eigenvalue weighted by Gasteiger charge is -2.36. The van der Waals surface area contributed by atoms with Crippen molar-refractivity contribution < 1.29 is 27.5 Å². The molecule has 4 heterocycles. The highest BCUT2D eigenvalue weighted by Crippen LogP contribution is 2.31. The number of fused-ring (bicyclic) bond motifs is 1. The van der Waals surface area contributed by atoms with Gasteiger partial charge in [-0.2, -0.15) is 4.98 Å². The van der Waals surface area contributed by atoms with Crippen molar-refractivity contribution in [1.29, 1.82) is 0 Å². The molecule has 1 N–H and O–H groups in total. The number of sulfone groups is 1. The van der Waals surface area contributed by atoms with Gasteiger partial charge in [-0.3, -0.25) is 9.78 Å². The lowest BCUT2D eigenvalue weighted by molar-refractivity contribution is -0.138. The van der Waals surface area contributed by atoms with E-state index < -0.39 is 9.84 Å². The number of hydrogen-bond donors (Lipinski definition) is 1. The van der Waals surface area contributed by atoms with Gasteiger partial charge in [0.25, 0.3) is 0 Å². The second-order valence-corrected chi connectivity index (χ2v) is 14.6. The molecular formula is C34H40N6O6S. The number of pyridine rings is 1. The summed E-state index contributed by atoms with van der Waals surface area (Å²) in [5, 5.41) is 4.39. The van der Waals surface area contributed by atoms with Crippen molar-refractivity contribution in [2.24, 2.45) is 5.92 Å². The van der Waals surface area contributed by atoms with Gasteiger partial charge in [-0.15, -0.1) is 0 Å². The third kappa shape index (κ3) is 8.26. The minimum atomic E-state index is -3.03. The molecule has 12 nitrogen and oxygen atoms in total. The van der Waals surface area contributed by atoms with Gasteiger partial charge in [0.15, 0.2) is 0 Å². The van der Waals surface area contributed by atoms with E-state index in [9.17, 15) is 18.0 Å². The van der Waals surface area contributed by atoms with E-state index in [4.69, 9.17) is 14.5 Å². The van der Waals surface area contributed by atoms with Gasteiger partial charge in [0.2, 0.25) is 11.9 Å². The number of carbonyl (C=O) groups excluding carboxylic acids is 2. The molecule has 1 saturated carbocycles. The van der Waals surface area contributed by atoms with Crippen molar-refractivity contribution in [2.75, 3.05) is 37.0 Å². The normalized spacial score (nSPS) is 19.0. The van der Waals surface area contributed by atoms with Gasteiger partial charge in [0.1, 0.15) is 27.5 Å². The van der Waals surface area contributed by atoms with Crippen molar-refractivity contribution in [2.45, 2.75) is 57.1 Å². The number of benzene rings is 1. The Labute approximate surface area is 274 Å². The van der Waals surface area contributed by atoms with Gasteiger partial charge in [-0.1, -0.05) is 6.07 Å². The van der Waals surface area contributed by atoms with Crippen molar-refractivity contribution in [3.63, 3.8) is 0 Å². The Kier molecular flexibility index (Phi) is 10.00. The zero-order valence-electron chi connectivity index (χ0n) is 26.5. The number of rotatable bonds is 11. The van der Waals surface area contributed by atoms with Crippen LogP contribution in [-0.2, 0) is 19.4 Å². The summed E-state index contributed by atoms with van der Waals surface area (Å²) in [4.78, 5) is 40.8. The van der Waals surface area contributed by atoms with E-state index in [1.54, 1.807) is 24.5 Å². The number of carbonyl (C=O) groups is 2. The van der Waals surface area contributed by atoms with E-state index in [2.05, 4.69) is 15.3 Å². The molecule has 1 aliphatic heterocycles. The lowest BCUT2D eigenvalue weighted by Crippen LogP contribution is -2.45. The number of ether oxygens (including phenoxy) is 2. The maximum absolute atomic E-state index is 13.3. The Morgan fingerprint density at radius 2 is 1.79 bits per heavy atom. The first-order chi connectivity index (χ1) is 22.7. The van der Waals surface area contributed by atoms with Gasteiger partial charge in [-0.25, -0.2) is 18.2 Å². The molecule has 0 radical (unpaired) electrons. The van der Waals surface area contributed by atoms with E-state index in [1.165, 1.54) is 12.5 Å². The third-order valence-electron chi connectivity index (χ3n) is 8.83. The van der Waals surface area contributed by atoms with Crippen LogP contribution in [-0.4, -0.2) is 88.6 Å². The van der Waals surface area contributed by atoms with E-state index in [1.807, 2.05) is 46.0 Å². The number of nitrogens with zero attached hydrogens (tertiary/aromatic N) is 5. The quantitative estimate of drug-likeness (QED) is 0.181. The second kappa shape index (κ2) is 14.5. The Morgan fingerprint density at radius 1 is 0.979 bits per heavy atom. The average Bonchev–Trinajstić information content (AvgIpc) is 3.52. The molecular weight excluding hydrogens is 620 g/mol. The Bertz CT molecular complexity index is 1800. The Morgan fingerprint density at radius 3 is 2.53 bits per heavy atom. The number of hydrogen-bond acceptors (Lipinski definition) is 10. The standard InChI is InChI=1S/C34H40N6O6S/c1-47(43,44)22-4-21-45-30-7-2-6-29-28(30)15-20-40(29)31-12-17-36-34(38-31)37-26-10-8-24(9-11-26)32(41)39-18-13-27(14-19-39)46-33(42)25-5-3-16-35-23-25/h2-3,5-7,12,15-17,20,23-24,26-27H,4,8-11,13-14,18-19,21-22H2,1H3,(H,36,37,38)/t24-,26-. The molecule has 2 aliphatic rings. The second-order valence-electron chi connectivity index (χ2n) is 12.3. The smallest absolute Gasteiger partial charge is 0.339 e. The first kappa shape index (κ1) is 32.4. The molecule has 4 aromatic rings. The fourth-order valence-electron chi connectivity index (χ4n) is 6.34. The van der Waals surface area contributed by atoms with E-state index in [-0.39, 0.29) is 35.7 Å². The first-order valence-electron chi connectivity index (χ1n) is 16.1. The zero-order chi connectivity index (χ0) is 32.8. The number of anilines is 1. The molecule has 0 atom stereocenters. The number of piperidine rings is 1. The van der Waals surface area contributed by atoms with E-state index in [0.717, 1.165) is 36.6 Å². The van der Waals surface area contributed by atoms with Gasteiger partial charge >= 0.3 is 5.97 Å². The van der Waals surface area contributed by atoms with Crippen LogP contribution in [0.15, 0.2) is 67.3 Å². The van der Waals surface area contributed by atoms with Crippen molar-refractivity contribution in [3.8, 4) is 11.6 Å². The average molecular weight is 661 g/mol. The monoisotopic (exact) mass is 660 g/mol. The van der Waals surface area contributed by atoms with E-state index >= 15 is 0 Å². The topological polar surface area (TPSA) is 146 Å². The van der Waals surface area contributed by atoms with Crippen molar-refractivity contribution >= 4 is 38.6 Å². The SMILES string of the molecule is CS(=O)(=O)CCCOc1cccc2c1ccn2-c1ccnc(N[C@H]2CC[C@H](C(=O)N3CCC(OC(=O)c4cccnc4)CC3)CC2)n1. The van der Waals surface area contributed by atoms with Crippen LogP contribution in [0.25, 0.3) is 16.7 Å². The fourth-order valence-corrected chi connectivity index (χ4v) is 6.99. The predicted molar refractivity (Wildman–Crippen MR) is 177 cm³/mol.